The molecule has 1 aliphatic heterocycles. The molecule has 0 N–H and O–H groups in total. The van der Waals surface area contributed by atoms with Gasteiger partial charge in [0, 0.05) is 5.92 Å². The molecule has 3 nitrogen and oxygen atoms in total. The first kappa shape index (κ1) is 8.86. The molecule has 3 atom stereocenters. The summed E-state index contributed by atoms with van der Waals surface area (Å²) in [4.78, 5) is 12.0. The fourth-order valence-corrected chi connectivity index (χ4v) is 3.46. The molecule has 3 rings (SSSR count). The van der Waals surface area contributed by atoms with E-state index in [1.54, 1.807) is 0 Å². The number of ether oxygens (including phenoxy) is 2. The van der Waals surface area contributed by atoms with E-state index in [0.717, 1.165) is 12.8 Å². The Bertz CT molecular complexity index is 268. The van der Waals surface area contributed by atoms with E-state index in [1.165, 1.54) is 6.42 Å². The Morgan fingerprint density at radius 1 is 1.29 bits per heavy atom. The van der Waals surface area contributed by atoms with Crippen molar-refractivity contribution in [2.45, 2.75) is 32.0 Å². The molecule has 0 spiro atoms. The van der Waals surface area contributed by atoms with Gasteiger partial charge in [0.15, 0.2) is 5.79 Å². The van der Waals surface area contributed by atoms with Crippen LogP contribution in [-0.2, 0) is 14.3 Å². The van der Waals surface area contributed by atoms with Crippen molar-refractivity contribution in [2.75, 3.05) is 13.2 Å². The number of rotatable bonds is 1. The zero-order chi connectivity index (χ0) is 9.76. The van der Waals surface area contributed by atoms with Crippen molar-refractivity contribution in [2.24, 2.45) is 17.8 Å². The highest BCUT2D eigenvalue weighted by molar-refractivity contribution is 5.87. The van der Waals surface area contributed by atoms with Gasteiger partial charge < -0.3 is 9.47 Å². The van der Waals surface area contributed by atoms with Gasteiger partial charge in [0.05, 0.1) is 19.1 Å². The maximum absolute atomic E-state index is 12.0. The second-order valence-corrected chi connectivity index (χ2v) is 4.86. The summed E-state index contributed by atoms with van der Waals surface area (Å²) < 4.78 is 11.2. The minimum atomic E-state index is -0.600. The van der Waals surface area contributed by atoms with E-state index in [0.29, 0.717) is 30.8 Å². The zero-order valence-electron chi connectivity index (χ0n) is 8.49. The zero-order valence-corrected chi connectivity index (χ0v) is 8.49. The lowest BCUT2D eigenvalue weighted by molar-refractivity contribution is -0.193. The molecule has 3 unspecified atom stereocenters. The van der Waals surface area contributed by atoms with Crippen LogP contribution in [0.4, 0.5) is 0 Å². The third kappa shape index (κ3) is 1.03. The molecule has 2 aliphatic carbocycles. The molecule has 78 valence electrons. The number of carbonyl (C=O) groups is 1. The molecule has 14 heavy (non-hydrogen) atoms. The maximum atomic E-state index is 12.0. The van der Waals surface area contributed by atoms with E-state index in [-0.39, 0.29) is 5.92 Å². The molecule has 0 amide bonds. The third-order valence-corrected chi connectivity index (χ3v) is 4.08. The van der Waals surface area contributed by atoms with E-state index in [9.17, 15) is 4.79 Å². The molecule has 3 aliphatic rings. The van der Waals surface area contributed by atoms with Gasteiger partial charge in [-0.3, -0.25) is 4.79 Å². The van der Waals surface area contributed by atoms with Crippen LogP contribution >= 0.6 is 0 Å². The molecule has 1 saturated heterocycles. The van der Waals surface area contributed by atoms with Gasteiger partial charge in [0.2, 0.25) is 0 Å². The summed E-state index contributed by atoms with van der Waals surface area (Å²) in [6.07, 6.45) is 3.35. The van der Waals surface area contributed by atoms with Gasteiger partial charge in [-0.2, -0.15) is 0 Å². The summed E-state index contributed by atoms with van der Waals surface area (Å²) in [7, 11) is 0. The summed E-state index contributed by atoms with van der Waals surface area (Å²) in [6.45, 7) is 3.21. The van der Waals surface area contributed by atoms with Crippen LogP contribution < -0.4 is 0 Å². The quantitative estimate of drug-likeness (QED) is 0.635. The minimum Gasteiger partial charge on any atom is -0.347 e. The SMILES string of the molecule is CC1(C2C(=O)C3CCC2C3)OCCO1. The first-order valence-electron chi connectivity index (χ1n) is 5.52. The Balaban J connectivity index is 1.88. The van der Waals surface area contributed by atoms with Crippen LogP contribution in [0.5, 0.6) is 0 Å². The highest BCUT2D eigenvalue weighted by Crippen LogP contribution is 2.51. The van der Waals surface area contributed by atoms with Crippen molar-refractivity contribution >= 4 is 5.78 Å². The average Bonchev–Trinajstić information content (AvgIpc) is 2.79. The van der Waals surface area contributed by atoms with Crippen molar-refractivity contribution < 1.29 is 14.3 Å². The first-order chi connectivity index (χ1) is 6.71. The molecule has 3 fully saturated rings. The molecular weight excluding hydrogens is 180 g/mol. The number of Topliss-reactive ketones (excluding diaryl/α,β-unsaturated/α-hetero) is 1. The summed E-state index contributed by atoms with van der Waals surface area (Å²) in [5.41, 5.74) is 0. The Kier molecular flexibility index (Phi) is 1.77. The van der Waals surface area contributed by atoms with Gasteiger partial charge in [-0.25, -0.2) is 0 Å². The Morgan fingerprint density at radius 3 is 2.57 bits per heavy atom. The Labute approximate surface area is 83.8 Å². The average molecular weight is 196 g/mol. The smallest absolute Gasteiger partial charge is 0.175 e. The summed E-state index contributed by atoms with van der Waals surface area (Å²) in [5, 5.41) is 0. The maximum Gasteiger partial charge on any atom is 0.175 e. The molecular formula is C11H16O3. The molecule has 0 aromatic carbocycles. The van der Waals surface area contributed by atoms with Gasteiger partial charge in [-0.05, 0) is 32.1 Å². The Morgan fingerprint density at radius 2 is 2.00 bits per heavy atom. The second-order valence-electron chi connectivity index (χ2n) is 4.86. The summed E-state index contributed by atoms with van der Waals surface area (Å²) >= 11 is 0. The van der Waals surface area contributed by atoms with Gasteiger partial charge in [0.1, 0.15) is 5.78 Å². The molecule has 1 heterocycles. The second kappa shape index (κ2) is 2.80. The number of carbonyl (C=O) groups excluding carboxylic acids is 1. The van der Waals surface area contributed by atoms with Gasteiger partial charge >= 0.3 is 0 Å². The predicted molar refractivity (Wildman–Crippen MR) is 49.6 cm³/mol. The fourth-order valence-electron chi connectivity index (χ4n) is 3.46. The third-order valence-electron chi connectivity index (χ3n) is 4.08. The van der Waals surface area contributed by atoms with E-state index >= 15 is 0 Å². The van der Waals surface area contributed by atoms with E-state index < -0.39 is 5.79 Å². The van der Waals surface area contributed by atoms with Crippen molar-refractivity contribution in [1.29, 1.82) is 0 Å². The lowest BCUT2D eigenvalue weighted by Gasteiger charge is -2.33. The highest BCUT2D eigenvalue weighted by Gasteiger charge is 2.56. The molecule has 2 saturated carbocycles. The van der Waals surface area contributed by atoms with Crippen LogP contribution in [0.3, 0.4) is 0 Å². The summed E-state index contributed by atoms with van der Waals surface area (Å²) in [5.74, 6) is 0.649. The van der Waals surface area contributed by atoms with E-state index in [2.05, 4.69) is 0 Å². The van der Waals surface area contributed by atoms with Gasteiger partial charge in [-0.1, -0.05) is 0 Å². The van der Waals surface area contributed by atoms with Crippen molar-refractivity contribution in [3.05, 3.63) is 0 Å². The number of hydrogen-bond donors (Lipinski definition) is 0. The summed E-state index contributed by atoms with van der Waals surface area (Å²) in [6, 6.07) is 0. The Hall–Kier alpha value is -0.410. The van der Waals surface area contributed by atoms with Crippen LogP contribution in [0.15, 0.2) is 0 Å². The molecule has 3 heteroatoms. The normalized spacial score (nSPS) is 44.9. The largest absolute Gasteiger partial charge is 0.347 e. The van der Waals surface area contributed by atoms with Crippen molar-refractivity contribution in [3.8, 4) is 0 Å². The van der Waals surface area contributed by atoms with Crippen LogP contribution in [0.2, 0.25) is 0 Å². The minimum absolute atomic E-state index is 0.0174. The van der Waals surface area contributed by atoms with E-state index in [4.69, 9.17) is 9.47 Å². The van der Waals surface area contributed by atoms with Crippen LogP contribution in [-0.4, -0.2) is 24.8 Å². The predicted octanol–water partition coefficient (Wildman–Crippen LogP) is 1.36. The van der Waals surface area contributed by atoms with Crippen LogP contribution in [0.25, 0.3) is 0 Å². The number of ketones is 1. The van der Waals surface area contributed by atoms with Crippen molar-refractivity contribution in [1.82, 2.24) is 0 Å². The van der Waals surface area contributed by atoms with Gasteiger partial charge in [0.25, 0.3) is 0 Å². The lowest BCUT2D eigenvalue weighted by Crippen LogP contribution is -2.43. The molecule has 2 bridgehead atoms. The highest BCUT2D eigenvalue weighted by atomic mass is 16.7. The monoisotopic (exact) mass is 196 g/mol. The van der Waals surface area contributed by atoms with Crippen molar-refractivity contribution in [3.63, 3.8) is 0 Å². The number of fused-ring (bicyclic) bond motifs is 2. The van der Waals surface area contributed by atoms with Gasteiger partial charge in [-0.15, -0.1) is 0 Å². The molecule has 0 aromatic heterocycles. The fraction of sp³-hybridized carbons (Fsp3) is 0.909. The lowest BCUT2D eigenvalue weighted by atomic mass is 9.82. The standard InChI is InChI=1S/C11H16O3/c1-11(13-4-5-14-11)9-7-2-3-8(6-7)10(9)12/h7-9H,2-6H2,1H3. The topological polar surface area (TPSA) is 35.5 Å². The molecule has 0 radical (unpaired) electrons. The van der Waals surface area contributed by atoms with Crippen LogP contribution in [0, 0.1) is 17.8 Å². The van der Waals surface area contributed by atoms with E-state index in [1.807, 2.05) is 6.92 Å². The number of hydrogen-bond acceptors (Lipinski definition) is 3. The van der Waals surface area contributed by atoms with Crippen LogP contribution in [0.1, 0.15) is 26.2 Å². The first-order valence-corrected chi connectivity index (χ1v) is 5.52. The molecule has 0 aromatic rings.